The molecule has 1 aliphatic carbocycles. The van der Waals surface area contributed by atoms with E-state index in [2.05, 4.69) is 53.4 Å². The van der Waals surface area contributed by atoms with E-state index in [1.165, 1.54) is 12.8 Å². The first kappa shape index (κ1) is 13.3. The minimum Gasteiger partial charge on any atom is -0.358 e. The summed E-state index contributed by atoms with van der Waals surface area (Å²) < 4.78 is 0. The van der Waals surface area contributed by atoms with Crippen molar-refractivity contribution in [3.05, 3.63) is 17.8 Å². The van der Waals surface area contributed by atoms with E-state index in [1.807, 2.05) is 0 Å². The zero-order valence-electron chi connectivity index (χ0n) is 11.7. The van der Waals surface area contributed by atoms with Gasteiger partial charge in [-0.15, -0.1) is 5.10 Å². The SMILES string of the molecule is CC(C)CNCc1ccc(N(C)CC2CC2)nn1. The first-order chi connectivity index (χ1) is 8.65. The van der Waals surface area contributed by atoms with Crippen LogP contribution in [0.5, 0.6) is 0 Å². The van der Waals surface area contributed by atoms with Gasteiger partial charge in [0.2, 0.25) is 0 Å². The molecule has 4 nitrogen and oxygen atoms in total. The lowest BCUT2D eigenvalue weighted by atomic mass is 10.2. The number of nitrogens with zero attached hydrogens (tertiary/aromatic N) is 3. The maximum Gasteiger partial charge on any atom is 0.150 e. The summed E-state index contributed by atoms with van der Waals surface area (Å²) in [6.07, 6.45) is 2.74. The molecule has 1 heterocycles. The van der Waals surface area contributed by atoms with Crippen LogP contribution in [-0.2, 0) is 6.54 Å². The van der Waals surface area contributed by atoms with Crippen molar-refractivity contribution in [1.29, 1.82) is 0 Å². The molecule has 0 aliphatic heterocycles. The molecular formula is C14H24N4. The second kappa shape index (κ2) is 6.14. The highest BCUT2D eigenvalue weighted by atomic mass is 15.2. The topological polar surface area (TPSA) is 41.0 Å². The molecule has 0 bridgehead atoms. The van der Waals surface area contributed by atoms with Gasteiger partial charge >= 0.3 is 0 Å². The quantitative estimate of drug-likeness (QED) is 0.802. The van der Waals surface area contributed by atoms with Crippen LogP contribution in [-0.4, -0.2) is 30.3 Å². The predicted molar refractivity (Wildman–Crippen MR) is 74.6 cm³/mol. The Morgan fingerprint density at radius 2 is 2.11 bits per heavy atom. The number of anilines is 1. The Morgan fingerprint density at radius 1 is 1.33 bits per heavy atom. The summed E-state index contributed by atoms with van der Waals surface area (Å²) in [5.41, 5.74) is 1.01. The van der Waals surface area contributed by atoms with E-state index in [-0.39, 0.29) is 0 Å². The third kappa shape index (κ3) is 4.26. The summed E-state index contributed by atoms with van der Waals surface area (Å²) in [6, 6.07) is 4.14. The highest BCUT2D eigenvalue weighted by Gasteiger charge is 2.23. The predicted octanol–water partition coefficient (Wildman–Crippen LogP) is 2.07. The molecule has 1 aliphatic rings. The molecule has 0 amide bonds. The normalized spacial score (nSPS) is 15.1. The lowest BCUT2D eigenvalue weighted by Crippen LogP contribution is -2.22. The fraction of sp³-hybridized carbons (Fsp3) is 0.714. The summed E-state index contributed by atoms with van der Waals surface area (Å²) in [5.74, 6) is 2.53. The van der Waals surface area contributed by atoms with Gasteiger partial charge < -0.3 is 10.2 Å². The highest BCUT2D eigenvalue weighted by Crippen LogP contribution is 2.30. The van der Waals surface area contributed by atoms with E-state index in [0.717, 1.165) is 37.1 Å². The van der Waals surface area contributed by atoms with E-state index in [9.17, 15) is 0 Å². The van der Waals surface area contributed by atoms with Gasteiger partial charge in [0, 0.05) is 20.1 Å². The second-order valence-corrected chi connectivity index (χ2v) is 5.73. The zero-order chi connectivity index (χ0) is 13.0. The first-order valence-corrected chi connectivity index (χ1v) is 6.89. The Bertz CT molecular complexity index is 357. The van der Waals surface area contributed by atoms with Gasteiger partial charge in [0.25, 0.3) is 0 Å². The Balaban J connectivity index is 1.80. The van der Waals surface area contributed by atoms with Gasteiger partial charge in [-0.25, -0.2) is 0 Å². The van der Waals surface area contributed by atoms with Crippen LogP contribution in [0.2, 0.25) is 0 Å². The lowest BCUT2D eigenvalue weighted by molar-refractivity contribution is 0.546. The van der Waals surface area contributed by atoms with E-state index < -0.39 is 0 Å². The maximum absolute atomic E-state index is 4.29. The number of hydrogen-bond acceptors (Lipinski definition) is 4. The molecule has 1 aromatic heterocycles. The lowest BCUT2D eigenvalue weighted by Gasteiger charge is -2.17. The Labute approximate surface area is 110 Å². The van der Waals surface area contributed by atoms with Crippen LogP contribution in [0.15, 0.2) is 12.1 Å². The summed E-state index contributed by atoms with van der Waals surface area (Å²) in [5, 5.41) is 11.9. The Morgan fingerprint density at radius 3 is 2.67 bits per heavy atom. The van der Waals surface area contributed by atoms with E-state index in [1.54, 1.807) is 0 Å². The molecule has 1 saturated carbocycles. The molecule has 4 heteroatoms. The molecule has 0 unspecified atom stereocenters. The van der Waals surface area contributed by atoms with Crippen molar-refractivity contribution in [3.8, 4) is 0 Å². The van der Waals surface area contributed by atoms with Crippen molar-refractivity contribution in [3.63, 3.8) is 0 Å². The van der Waals surface area contributed by atoms with Crippen molar-refractivity contribution in [2.75, 3.05) is 25.0 Å². The standard InChI is InChI=1S/C14H24N4/c1-11(2)8-15-9-13-6-7-14(17-16-13)18(3)10-12-4-5-12/h6-7,11-12,15H,4-5,8-10H2,1-3H3. The number of rotatable bonds is 7. The highest BCUT2D eigenvalue weighted by molar-refractivity contribution is 5.36. The van der Waals surface area contributed by atoms with Gasteiger partial charge in [0.1, 0.15) is 0 Å². The molecule has 1 fully saturated rings. The Kier molecular flexibility index (Phi) is 4.53. The molecule has 0 aromatic carbocycles. The van der Waals surface area contributed by atoms with E-state index >= 15 is 0 Å². The monoisotopic (exact) mass is 248 g/mol. The van der Waals surface area contributed by atoms with Gasteiger partial charge in [0.15, 0.2) is 5.82 Å². The van der Waals surface area contributed by atoms with Crippen molar-refractivity contribution in [1.82, 2.24) is 15.5 Å². The van der Waals surface area contributed by atoms with Crippen LogP contribution < -0.4 is 10.2 Å². The average molecular weight is 248 g/mol. The van der Waals surface area contributed by atoms with E-state index in [4.69, 9.17) is 0 Å². The minimum absolute atomic E-state index is 0.668. The summed E-state index contributed by atoms with van der Waals surface area (Å²) in [6.45, 7) is 7.34. The van der Waals surface area contributed by atoms with Crippen LogP contribution in [0.4, 0.5) is 5.82 Å². The Hall–Kier alpha value is -1.16. The van der Waals surface area contributed by atoms with Crippen LogP contribution >= 0.6 is 0 Å². The minimum atomic E-state index is 0.668. The van der Waals surface area contributed by atoms with E-state index in [0.29, 0.717) is 5.92 Å². The molecule has 0 saturated heterocycles. The van der Waals surface area contributed by atoms with Crippen LogP contribution in [0.25, 0.3) is 0 Å². The van der Waals surface area contributed by atoms with Gasteiger partial charge in [-0.3, -0.25) is 0 Å². The smallest absolute Gasteiger partial charge is 0.150 e. The molecular weight excluding hydrogens is 224 g/mol. The zero-order valence-corrected chi connectivity index (χ0v) is 11.7. The van der Waals surface area contributed by atoms with Gasteiger partial charge in [-0.1, -0.05) is 13.8 Å². The number of nitrogens with one attached hydrogen (secondary N) is 1. The van der Waals surface area contributed by atoms with Crippen LogP contribution in [0.1, 0.15) is 32.4 Å². The molecule has 1 aromatic rings. The second-order valence-electron chi connectivity index (χ2n) is 5.73. The molecule has 1 N–H and O–H groups in total. The molecule has 0 atom stereocenters. The molecule has 18 heavy (non-hydrogen) atoms. The molecule has 2 rings (SSSR count). The fourth-order valence-electron chi connectivity index (χ4n) is 1.92. The molecule has 0 radical (unpaired) electrons. The summed E-state index contributed by atoms with van der Waals surface area (Å²) >= 11 is 0. The third-order valence-electron chi connectivity index (χ3n) is 3.18. The largest absolute Gasteiger partial charge is 0.358 e. The number of aromatic nitrogens is 2. The average Bonchev–Trinajstić information content (AvgIpc) is 3.13. The summed E-state index contributed by atoms with van der Waals surface area (Å²) in [7, 11) is 2.10. The summed E-state index contributed by atoms with van der Waals surface area (Å²) in [4.78, 5) is 2.20. The van der Waals surface area contributed by atoms with Crippen molar-refractivity contribution < 1.29 is 0 Å². The van der Waals surface area contributed by atoms with Gasteiger partial charge in [0.05, 0.1) is 5.69 Å². The van der Waals surface area contributed by atoms with Crippen LogP contribution in [0.3, 0.4) is 0 Å². The van der Waals surface area contributed by atoms with Crippen molar-refractivity contribution >= 4 is 5.82 Å². The van der Waals surface area contributed by atoms with Crippen LogP contribution in [0, 0.1) is 11.8 Å². The van der Waals surface area contributed by atoms with Gasteiger partial charge in [-0.2, -0.15) is 5.10 Å². The first-order valence-electron chi connectivity index (χ1n) is 6.89. The third-order valence-corrected chi connectivity index (χ3v) is 3.18. The molecule has 0 spiro atoms. The van der Waals surface area contributed by atoms with Crippen molar-refractivity contribution in [2.24, 2.45) is 11.8 Å². The van der Waals surface area contributed by atoms with Crippen molar-refractivity contribution in [2.45, 2.75) is 33.2 Å². The number of hydrogen-bond donors (Lipinski definition) is 1. The fourth-order valence-corrected chi connectivity index (χ4v) is 1.92. The van der Waals surface area contributed by atoms with Gasteiger partial charge in [-0.05, 0) is 43.4 Å². The maximum atomic E-state index is 4.29. The molecule has 100 valence electrons.